The van der Waals surface area contributed by atoms with Crippen molar-refractivity contribution in [1.82, 2.24) is 9.88 Å². The Morgan fingerprint density at radius 3 is 2.37 bits per heavy atom. The van der Waals surface area contributed by atoms with Gasteiger partial charge in [0.1, 0.15) is 23.2 Å². The van der Waals surface area contributed by atoms with E-state index < -0.39 is 52.6 Å². The Morgan fingerprint density at radius 1 is 1.00 bits per heavy atom. The van der Waals surface area contributed by atoms with Gasteiger partial charge in [0, 0.05) is 24.8 Å². The van der Waals surface area contributed by atoms with Crippen LogP contribution in [-0.4, -0.2) is 38.6 Å². The predicted molar refractivity (Wildman–Crippen MR) is 133 cm³/mol. The molecule has 1 aliphatic carbocycles. The van der Waals surface area contributed by atoms with E-state index in [4.69, 9.17) is 0 Å². The molecule has 10 heteroatoms. The number of ketones is 1. The second-order valence-electron chi connectivity index (χ2n) is 9.21. The molecule has 1 aliphatic rings. The Bertz CT molecular complexity index is 1450. The molecule has 38 heavy (non-hydrogen) atoms. The minimum Gasteiger partial charge on any atom is -0.507 e. The summed E-state index contributed by atoms with van der Waals surface area (Å²) in [5, 5.41) is 23.0. The number of nitrogens with zero attached hydrogens (tertiary/aromatic N) is 1. The van der Waals surface area contributed by atoms with Crippen molar-refractivity contribution in [3.05, 3.63) is 111 Å². The number of halogens is 3. The number of carbonyl (C=O) groups excluding carboxylic acids is 2. The van der Waals surface area contributed by atoms with Gasteiger partial charge in [-0.1, -0.05) is 18.2 Å². The maximum absolute atomic E-state index is 14.3. The molecule has 1 aromatic heterocycles. The third kappa shape index (κ3) is 6.38. The molecule has 2 atom stereocenters. The Hall–Kier alpha value is -4.18. The highest BCUT2D eigenvalue weighted by molar-refractivity contribution is 6.41. The molecule has 1 heterocycles. The summed E-state index contributed by atoms with van der Waals surface area (Å²) in [5.41, 5.74) is -0.0184. The number of aromatic nitrogens is 1. The summed E-state index contributed by atoms with van der Waals surface area (Å²) in [6.07, 6.45) is 2.87. The average molecular weight is 527 g/mol. The fraction of sp³-hybridized carbons (Fsp3) is 0.250. The predicted octanol–water partition coefficient (Wildman–Crippen LogP) is 3.40. The van der Waals surface area contributed by atoms with Crippen LogP contribution in [0.15, 0.2) is 65.6 Å². The molecule has 0 spiro atoms. The van der Waals surface area contributed by atoms with Crippen LogP contribution in [0.2, 0.25) is 0 Å². The monoisotopic (exact) mass is 526 g/mol. The van der Waals surface area contributed by atoms with Gasteiger partial charge in [0.25, 0.3) is 11.5 Å². The number of hydrogen-bond donors (Lipinski definition) is 3. The van der Waals surface area contributed by atoms with Gasteiger partial charge in [0.15, 0.2) is 0 Å². The van der Waals surface area contributed by atoms with Gasteiger partial charge >= 0.3 is 0 Å². The molecule has 1 fully saturated rings. The lowest BCUT2D eigenvalue weighted by Gasteiger charge is -2.15. The lowest BCUT2D eigenvalue weighted by molar-refractivity contribution is -0.136. The van der Waals surface area contributed by atoms with Gasteiger partial charge in [0.2, 0.25) is 5.78 Å². The maximum atomic E-state index is 14.3. The molecule has 4 rings (SSSR count). The van der Waals surface area contributed by atoms with Crippen LogP contribution in [0.25, 0.3) is 5.76 Å². The highest BCUT2D eigenvalue weighted by Gasteiger charge is 2.28. The van der Waals surface area contributed by atoms with Gasteiger partial charge in [-0.2, -0.15) is 0 Å². The molecule has 0 radical (unpaired) electrons. The Labute approximate surface area is 215 Å². The molecule has 3 aromatic rings. The first-order valence-electron chi connectivity index (χ1n) is 12.0. The third-order valence-electron chi connectivity index (χ3n) is 6.38. The molecule has 0 saturated heterocycles. The molecular weight excluding hydrogens is 501 g/mol. The SMILES string of the molecule is O=C(C=C(O)c1cc(Cc2ccc(F)cc2F)cn(Cc2ccc(F)cc2)c1=O)C(=O)N[C@H]1CCC[C@@H]1O. The first-order valence-corrected chi connectivity index (χ1v) is 12.0. The number of aliphatic hydroxyl groups excluding tert-OH is 2. The second kappa shape index (κ2) is 11.5. The number of pyridine rings is 1. The summed E-state index contributed by atoms with van der Waals surface area (Å²) in [6.45, 7) is -0.0346. The van der Waals surface area contributed by atoms with Gasteiger partial charge in [-0.3, -0.25) is 14.4 Å². The van der Waals surface area contributed by atoms with Crippen LogP contribution in [0.5, 0.6) is 0 Å². The first-order chi connectivity index (χ1) is 18.1. The summed E-state index contributed by atoms with van der Waals surface area (Å²) in [4.78, 5) is 37.9. The summed E-state index contributed by atoms with van der Waals surface area (Å²) < 4.78 is 42.2. The minimum absolute atomic E-state index is 0.0346. The van der Waals surface area contributed by atoms with Crippen molar-refractivity contribution >= 4 is 17.4 Å². The number of benzene rings is 2. The first kappa shape index (κ1) is 26.9. The Morgan fingerprint density at radius 2 is 1.71 bits per heavy atom. The molecule has 2 aromatic carbocycles. The molecule has 1 amide bonds. The van der Waals surface area contributed by atoms with E-state index in [1.54, 1.807) is 0 Å². The number of rotatable bonds is 8. The largest absolute Gasteiger partial charge is 0.507 e. The second-order valence-corrected chi connectivity index (χ2v) is 9.21. The molecule has 3 N–H and O–H groups in total. The fourth-order valence-corrected chi connectivity index (χ4v) is 4.38. The zero-order valence-electron chi connectivity index (χ0n) is 20.2. The minimum atomic E-state index is -1.12. The molecule has 0 bridgehead atoms. The Kier molecular flexibility index (Phi) is 8.11. The third-order valence-corrected chi connectivity index (χ3v) is 6.38. The normalized spacial score (nSPS) is 17.4. The van der Waals surface area contributed by atoms with Gasteiger partial charge in [-0.15, -0.1) is 0 Å². The molecular formula is C28H25F3N2O5. The highest BCUT2D eigenvalue weighted by Crippen LogP contribution is 2.20. The van der Waals surface area contributed by atoms with Gasteiger partial charge in [-0.05, 0) is 60.2 Å². The van der Waals surface area contributed by atoms with Crippen molar-refractivity contribution in [2.24, 2.45) is 0 Å². The van der Waals surface area contributed by atoms with E-state index in [0.29, 0.717) is 36.5 Å². The lowest BCUT2D eigenvalue weighted by atomic mass is 10.0. The number of carbonyl (C=O) groups is 2. The molecule has 7 nitrogen and oxygen atoms in total. The van der Waals surface area contributed by atoms with Crippen molar-refractivity contribution in [3.63, 3.8) is 0 Å². The number of hydrogen-bond acceptors (Lipinski definition) is 5. The van der Waals surface area contributed by atoms with Crippen LogP contribution in [0.4, 0.5) is 13.2 Å². The van der Waals surface area contributed by atoms with Crippen molar-refractivity contribution in [1.29, 1.82) is 0 Å². The van der Waals surface area contributed by atoms with Crippen molar-refractivity contribution in [2.45, 2.75) is 44.4 Å². The summed E-state index contributed by atoms with van der Waals surface area (Å²) in [7, 11) is 0. The van der Waals surface area contributed by atoms with Crippen LogP contribution in [0.3, 0.4) is 0 Å². The Balaban J connectivity index is 1.67. The smallest absolute Gasteiger partial charge is 0.292 e. The highest BCUT2D eigenvalue weighted by atomic mass is 19.1. The van der Waals surface area contributed by atoms with E-state index in [1.807, 2.05) is 0 Å². The van der Waals surface area contributed by atoms with Gasteiger partial charge < -0.3 is 20.1 Å². The van der Waals surface area contributed by atoms with E-state index >= 15 is 0 Å². The van der Waals surface area contributed by atoms with E-state index in [1.165, 1.54) is 47.2 Å². The zero-order valence-corrected chi connectivity index (χ0v) is 20.2. The number of nitrogens with one attached hydrogen (secondary N) is 1. The van der Waals surface area contributed by atoms with E-state index in [0.717, 1.165) is 12.1 Å². The molecule has 1 saturated carbocycles. The van der Waals surface area contributed by atoms with Crippen molar-refractivity contribution in [2.75, 3.05) is 0 Å². The zero-order chi connectivity index (χ0) is 27.4. The van der Waals surface area contributed by atoms with Crippen LogP contribution >= 0.6 is 0 Å². The van der Waals surface area contributed by atoms with Crippen LogP contribution in [-0.2, 0) is 22.6 Å². The fourth-order valence-electron chi connectivity index (χ4n) is 4.38. The van der Waals surface area contributed by atoms with Crippen LogP contribution < -0.4 is 10.9 Å². The molecule has 0 unspecified atom stereocenters. The van der Waals surface area contributed by atoms with Crippen LogP contribution in [0, 0.1) is 17.5 Å². The summed E-state index contributed by atoms with van der Waals surface area (Å²) in [5.74, 6) is -4.97. The van der Waals surface area contributed by atoms with Crippen LogP contribution in [0.1, 0.15) is 41.5 Å². The topological polar surface area (TPSA) is 109 Å². The van der Waals surface area contributed by atoms with E-state index in [9.17, 15) is 37.8 Å². The van der Waals surface area contributed by atoms with E-state index in [2.05, 4.69) is 5.32 Å². The summed E-state index contributed by atoms with van der Waals surface area (Å²) in [6, 6.07) is 9.10. The van der Waals surface area contributed by atoms with Gasteiger partial charge in [0.05, 0.1) is 24.3 Å². The maximum Gasteiger partial charge on any atom is 0.292 e. The van der Waals surface area contributed by atoms with E-state index in [-0.39, 0.29) is 24.1 Å². The summed E-state index contributed by atoms with van der Waals surface area (Å²) >= 11 is 0. The number of aliphatic hydroxyl groups is 2. The lowest BCUT2D eigenvalue weighted by Crippen LogP contribution is -2.42. The average Bonchev–Trinajstić information content (AvgIpc) is 3.28. The standard InChI is InChI=1S/C28H25F3N2O5/c29-19-7-4-16(5-8-19)14-33-15-17(10-18-6-9-20(30)12-22(18)31)11-21(28(33)38)25(35)13-26(36)27(37)32-23-2-1-3-24(23)34/h4-9,11-13,15,23-24,34-35H,1-3,10,14H2,(H,32,37)/t23-,24-/m0/s1. The van der Waals surface area contributed by atoms with Gasteiger partial charge in [-0.25, -0.2) is 13.2 Å². The number of amides is 1. The molecule has 198 valence electrons. The quantitative estimate of drug-likeness (QED) is 0.237. The molecule has 0 aliphatic heterocycles. The van der Waals surface area contributed by atoms with Crippen molar-refractivity contribution < 1.29 is 33.0 Å². The van der Waals surface area contributed by atoms with Crippen molar-refractivity contribution in [3.8, 4) is 0 Å².